The van der Waals surface area contributed by atoms with Crippen molar-refractivity contribution < 1.29 is 9.53 Å². The third-order valence-electron chi connectivity index (χ3n) is 2.70. The van der Waals surface area contributed by atoms with Gasteiger partial charge in [-0.3, -0.25) is 4.79 Å². The van der Waals surface area contributed by atoms with Crippen LogP contribution in [0.3, 0.4) is 0 Å². The maximum absolute atomic E-state index is 11.2. The van der Waals surface area contributed by atoms with Crippen molar-refractivity contribution in [2.75, 3.05) is 7.11 Å². The van der Waals surface area contributed by atoms with Crippen molar-refractivity contribution in [3.05, 3.63) is 48.3 Å². The number of aromatic nitrogens is 2. The number of benzene rings is 1. The Bertz CT molecular complexity index is 540. The molecule has 0 spiro atoms. The molecular formula is C14H15N3O2. The number of ether oxygens (including phenoxy) is 1. The Morgan fingerprint density at radius 1 is 1.26 bits per heavy atom. The summed E-state index contributed by atoms with van der Waals surface area (Å²) in [7, 11) is 1.32. The smallest absolute Gasteiger partial charge is 0.322 e. The van der Waals surface area contributed by atoms with Crippen molar-refractivity contribution in [3.8, 4) is 11.4 Å². The highest BCUT2D eigenvalue weighted by Crippen LogP contribution is 2.13. The summed E-state index contributed by atoms with van der Waals surface area (Å²) >= 11 is 0. The third-order valence-corrected chi connectivity index (χ3v) is 2.70. The molecule has 19 heavy (non-hydrogen) atoms. The molecule has 2 N–H and O–H groups in total. The highest BCUT2D eigenvalue weighted by molar-refractivity contribution is 5.75. The fourth-order valence-electron chi connectivity index (χ4n) is 1.69. The first-order chi connectivity index (χ1) is 9.20. The third kappa shape index (κ3) is 3.35. The first kappa shape index (κ1) is 13.2. The van der Waals surface area contributed by atoms with E-state index in [9.17, 15) is 4.79 Å². The van der Waals surface area contributed by atoms with Gasteiger partial charge in [0.1, 0.15) is 6.04 Å². The molecule has 98 valence electrons. The van der Waals surface area contributed by atoms with E-state index in [4.69, 9.17) is 5.73 Å². The lowest BCUT2D eigenvalue weighted by Crippen LogP contribution is -2.33. The Morgan fingerprint density at radius 3 is 2.47 bits per heavy atom. The normalized spacial score (nSPS) is 11.9. The van der Waals surface area contributed by atoms with E-state index in [1.807, 2.05) is 30.3 Å². The van der Waals surface area contributed by atoms with Gasteiger partial charge < -0.3 is 10.5 Å². The minimum absolute atomic E-state index is 0.363. The van der Waals surface area contributed by atoms with E-state index >= 15 is 0 Å². The molecule has 0 saturated heterocycles. The average Bonchev–Trinajstić information content (AvgIpc) is 2.48. The van der Waals surface area contributed by atoms with Gasteiger partial charge in [0.05, 0.1) is 7.11 Å². The van der Waals surface area contributed by atoms with Crippen LogP contribution in [-0.4, -0.2) is 29.1 Å². The maximum atomic E-state index is 11.2. The van der Waals surface area contributed by atoms with Gasteiger partial charge in [-0.05, 0) is 5.56 Å². The van der Waals surface area contributed by atoms with Crippen molar-refractivity contribution in [2.24, 2.45) is 5.73 Å². The lowest BCUT2D eigenvalue weighted by Gasteiger charge is -2.08. The number of hydrogen-bond acceptors (Lipinski definition) is 5. The van der Waals surface area contributed by atoms with Crippen LogP contribution in [0.5, 0.6) is 0 Å². The van der Waals surface area contributed by atoms with Gasteiger partial charge in [0.15, 0.2) is 5.82 Å². The van der Waals surface area contributed by atoms with Crippen LogP contribution in [0, 0.1) is 0 Å². The summed E-state index contributed by atoms with van der Waals surface area (Å²) in [5, 5.41) is 0. The van der Waals surface area contributed by atoms with E-state index in [2.05, 4.69) is 14.7 Å². The fourth-order valence-corrected chi connectivity index (χ4v) is 1.69. The zero-order valence-electron chi connectivity index (χ0n) is 10.6. The molecule has 0 aliphatic rings. The van der Waals surface area contributed by atoms with E-state index in [1.54, 1.807) is 12.4 Å². The number of hydrogen-bond donors (Lipinski definition) is 1. The molecule has 2 rings (SSSR count). The molecule has 0 bridgehead atoms. The summed E-state index contributed by atoms with van der Waals surface area (Å²) < 4.78 is 4.57. The van der Waals surface area contributed by atoms with Crippen molar-refractivity contribution in [2.45, 2.75) is 12.5 Å². The second kappa shape index (κ2) is 6.06. The molecule has 0 radical (unpaired) electrons. The topological polar surface area (TPSA) is 78.1 Å². The first-order valence-corrected chi connectivity index (χ1v) is 5.90. The standard InChI is InChI=1S/C14H15N3O2/c1-19-14(18)12(15)7-10-8-16-13(17-9-10)11-5-3-2-4-6-11/h2-6,8-9,12H,7,15H2,1H3. The summed E-state index contributed by atoms with van der Waals surface area (Å²) in [4.78, 5) is 19.8. The Balaban J connectivity index is 2.09. The maximum Gasteiger partial charge on any atom is 0.322 e. The van der Waals surface area contributed by atoms with Crippen molar-refractivity contribution in [1.29, 1.82) is 0 Å². The molecule has 1 aromatic heterocycles. The lowest BCUT2D eigenvalue weighted by atomic mass is 10.1. The van der Waals surface area contributed by atoms with Gasteiger partial charge in [-0.25, -0.2) is 9.97 Å². The van der Waals surface area contributed by atoms with E-state index in [1.165, 1.54) is 7.11 Å². The van der Waals surface area contributed by atoms with Crippen molar-refractivity contribution in [3.63, 3.8) is 0 Å². The number of nitrogens with two attached hydrogens (primary N) is 1. The summed E-state index contributed by atoms with van der Waals surface area (Å²) in [5.74, 6) is 0.211. The molecule has 0 saturated carbocycles. The van der Waals surface area contributed by atoms with Crippen molar-refractivity contribution >= 4 is 5.97 Å². The van der Waals surface area contributed by atoms with Crippen LogP contribution in [0.2, 0.25) is 0 Å². The highest BCUT2D eigenvalue weighted by Gasteiger charge is 2.14. The molecule has 2 aromatic rings. The molecule has 1 unspecified atom stereocenters. The second-order valence-corrected chi connectivity index (χ2v) is 4.11. The number of rotatable bonds is 4. The van der Waals surface area contributed by atoms with Gasteiger partial charge >= 0.3 is 5.97 Å². The monoisotopic (exact) mass is 257 g/mol. The van der Waals surface area contributed by atoms with Gasteiger partial charge in [0.25, 0.3) is 0 Å². The molecule has 1 heterocycles. The van der Waals surface area contributed by atoms with Gasteiger partial charge in [-0.1, -0.05) is 30.3 Å². The molecule has 0 aliphatic heterocycles. The minimum atomic E-state index is -0.684. The van der Waals surface area contributed by atoms with E-state index in [0.717, 1.165) is 11.1 Å². The number of esters is 1. The van der Waals surface area contributed by atoms with Crippen LogP contribution in [0.4, 0.5) is 0 Å². The average molecular weight is 257 g/mol. The summed E-state index contributed by atoms with van der Waals surface area (Å²) in [5.41, 5.74) is 7.43. The Morgan fingerprint density at radius 2 is 1.89 bits per heavy atom. The van der Waals surface area contributed by atoms with Gasteiger partial charge in [-0.2, -0.15) is 0 Å². The Kier molecular flexibility index (Phi) is 4.20. The van der Waals surface area contributed by atoms with Gasteiger partial charge in [0.2, 0.25) is 0 Å². The predicted molar refractivity (Wildman–Crippen MR) is 71.2 cm³/mol. The molecule has 5 heteroatoms. The zero-order chi connectivity index (χ0) is 13.7. The summed E-state index contributed by atoms with van der Waals surface area (Å²) in [6.45, 7) is 0. The van der Waals surface area contributed by atoms with Gasteiger partial charge in [0, 0.05) is 24.4 Å². The van der Waals surface area contributed by atoms with Crippen LogP contribution in [-0.2, 0) is 16.0 Å². The molecule has 0 aliphatic carbocycles. The molecular weight excluding hydrogens is 242 g/mol. The van der Waals surface area contributed by atoms with Crippen LogP contribution in [0.25, 0.3) is 11.4 Å². The quantitative estimate of drug-likeness (QED) is 0.832. The lowest BCUT2D eigenvalue weighted by molar-refractivity contribution is -0.142. The SMILES string of the molecule is COC(=O)C(N)Cc1cnc(-c2ccccc2)nc1. The molecule has 0 amide bonds. The largest absolute Gasteiger partial charge is 0.468 e. The van der Waals surface area contributed by atoms with Gasteiger partial charge in [-0.15, -0.1) is 0 Å². The van der Waals surface area contributed by atoms with Crippen LogP contribution < -0.4 is 5.73 Å². The Hall–Kier alpha value is -2.27. The number of carbonyl (C=O) groups is 1. The zero-order valence-corrected chi connectivity index (χ0v) is 10.6. The molecule has 1 aromatic carbocycles. The van der Waals surface area contributed by atoms with E-state index in [0.29, 0.717) is 12.2 Å². The van der Waals surface area contributed by atoms with E-state index in [-0.39, 0.29) is 0 Å². The fraction of sp³-hybridized carbons (Fsp3) is 0.214. The molecule has 0 fully saturated rings. The van der Waals surface area contributed by atoms with Crippen LogP contribution in [0.15, 0.2) is 42.7 Å². The number of nitrogens with zero attached hydrogens (tertiary/aromatic N) is 2. The van der Waals surface area contributed by atoms with E-state index < -0.39 is 12.0 Å². The number of methoxy groups -OCH3 is 1. The Labute approximate surface area is 111 Å². The minimum Gasteiger partial charge on any atom is -0.468 e. The first-order valence-electron chi connectivity index (χ1n) is 5.90. The molecule has 1 atom stereocenters. The van der Waals surface area contributed by atoms with Crippen LogP contribution >= 0.6 is 0 Å². The summed E-state index contributed by atoms with van der Waals surface area (Å²) in [6.07, 6.45) is 3.72. The summed E-state index contributed by atoms with van der Waals surface area (Å²) in [6, 6.07) is 8.99. The van der Waals surface area contributed by atoms with Crippen LogP contribution in [0.1, 0.15) is 5.56 Å². The molecule has 5 nitrogen and oxygen atoms in total. The predicted octanol–water partition coefficient (Wildman–Crippen LogP) is 1.19. The van der Waals surface area contributed by atoms with Crippen molar-refractivity contribution in [1.82, 2.24) is 9.97 Å². The highest BCUT2D eigenvalue weighted by atomic mass is 16.5. The second-order valence-electron chi connectivity index (χ2n) is 4.11. The number of carbonyl (C=O) groups excluding carboxylic acids is 1.